The molecule has 1 heterocycles. The fraction of sp³-hybridized carbons (Fsp3) is 0.167. The number of aromatic nitrogens is 4. The van der Waals surface area contributed by atoms with Gasteiger partial charge in [-0.3, -0.25) is 4.79 Å². The van der Waals surface area contributed by atoms with Gasteiger partial charge in [0.05, 0.1) is 18.5 Å². The van der Waals surface area contributed by atoms with Gasteiger partial charge in [0.2, 0.25) is 0 Å². The van der Waals surface area contributed by atoms with E-state index in [0.717, 1.165) is 11.3 Å². The first-order valence-corrected chi connectivity index (χ1v) is 8.09. The van der Waals surface area contributed by atoms with Crippen LogP contribution in [0.15, 0.2) is 60.0 Å². The van der Waals surface area contributed by atoms with Crippen molar-refractivity contribution >= 4 is 11.6 Å². The van der Waals surface area contributed by atoms with Crippen molar-refractivity contribution in [2.45, 2.75) is 6.92 Å². The summed E-state index contributed by atoms with van der Waals surface area (Å²) in [5, 5.41) is 15.2. The molecule has 0 fully saturated rings. The molecular formula is C18H18N6O3. The number of carbonyl (C=O) groups excluding carboxylic acids is 1. The van der Waals surface area contributed by atoms with E-state index in [9.17, 15) is 4.79 Å². The average molecular weight is 366 g/mol. The minimum atomic E-state index is -0.367. The monoisotopic (exact) mass is 366 g/mol. The maximum Gasteiger partial charge on any atom is 0.277 e. The van der Waals surface area contributed by atoms with Crippen LogP contribution in [0.5, 0.6) is 11.5 Å². The van der Waals surface area contributed by atoms with Crippen LogP contribution < -0.4 is 14.9 Å². The van der Waals surface area contributed by atoms with Gasteiger partial charge in [-0.1, -0.05) is 18.2 Å². The van der Waals surface area contributed by atoms with E-state index >= 15 is 0 Å². The number of hydrazone groups is 1. The number of methoxy groups -OCH3 is 1. The van der Waals surface area contributed by atoms with Crippen molar-refractivity contribution in [2.24, 2.45) is 5.10 Å². The number of ether oxygens (including phenoxy) is 2. The molecule has 2 aromatic carbocycles. The lowest BCUT2D eigenvalue weighted by Crippen LogP contribution is -2.25. The molecule has 0 unspecified atom stereocenters. The van der Waals surface area contributed by atoms with Gasteiger partial charge in [-0.2, -0.15) is 5.10 Å². The molecule has 9 nitrogen and oxygen atoms in total. The normalized spacial score (nSPS) is 11.1. The number of benzene rings is 2. The highest BCUT2D eigenvalue weighted by Crippen LogP contribution is 2.18. The van der Waals surface area contributed by atoms with Crippen LogP contribution in [-0.4, -0.2) is 45.5 Å². The van der Waals surface area contributed by atoms with E-state index in [1.54, 1.807) is 38.3 Å². The molecule has 0 spiro atoms. The predicted octanol–water partition coefficient (Wildman–Crippen LogP) is 1.59. The third-order valence-electron chi connectivity index (χ3n) is 3.64. The van der Waals surface area contributed by atoms with Crippen LogP contribution in [0.3, 0.4) is 0 Å². The van der Waals surface area contributed by atoms with Crippen LogP contribution in [-0.2, 0) is 4.79 Å². The van der Waals surface area contributed by atoms with Crippen LogP contribution in [0.4, 0.5) is 0 Å². The van der Waals surface area contributed by atoms with Crippen molar-refractivity contribution in [1.82, 2.24) is 25.6 Å². The summed E-state index contributed by atoms with van der Waals surface area (Å²) in [5.74, 6) is 0.831. The average Bonchev–Trinajstić information content (AvgIpc) is 3.25. The summed E-state index contributed by atoms with van der Waals surface area (Å²) in [7, 11) is 1.57. The zero-order valence-electron chi connectivity index (χ0n) is 14.9. The molecule has 3 rings (SSSR count). The van der Waals surface area contributed by atoms with Gasteiger partial charge < -0.3 is 9.47 Å². The Labute approximate surface area is 155 Å². The molecule has 1 aromatic heterocycles. The molecule has 0 aliphatic heterocycles. The van der Waals surface area contributed by atoms with E-state index in [2.05, 4.69) is 26.1 Å². The third kappa shape index (κ3) is 4.88. The Morgan fingerprint density at radius 1 is 1.19 bits per heavy atom. The highest BCUT2D eigenvalue weighted by Gasteiger charge is 2.05. The van der Waals surface area contributed by atoms with Gasteiger partial charge in [-0.25, -0.2) is 10.1 Å². The Morgan fingerprint density at radius 3 is 2.78 bits per heavy atom. The summed E-state index contributed by atoms with van der Waals surface area (Å²) >= 11 is 0. The van der Waals surface area contributed by atoms with Crippen LogP contribution in [0, 0.1) is 0 Å². The highest BCUT2D eigenvalue weighted by atomic mass is 16.5. The van der Waals surface area contributed by atoms with E-state index in [-0.39, 0.29) is 12.5 Å². The Balaban J connectivity index is 1.58. The molecule has 0 radical (unpaired) electrons. The lowest BCUT2D eigenvalue weighted by molar-refractivity contribution is -0.123. The van der Waals surface area contributed by atoms with Gasteiger partial charge in [0.1, 0.15) is 17.8 Å². The van der Waals surface area contributed by atoms with Gasteiger partial charge in [0.15, 0.2) is 6.61 Å². The van der Waals surface area contributed by atoms with Gasteiger partial charge in [-0.15, -0.1) is 5.10 Å². The second-order valence-corrected chi connectivity index (χ2v) is 5.50. The number of amides is 1. The maximum atomic E-state index is 12.0. The zero-order chi connectivity index (χ0) is 19.1. The lowest BCUT2D eigenvalue weighted by Gasteiger charge is -2.07. The number of hydrogen-bond acceptors (Lipinski definition) is 7. The Hall–Kier alpha value is -3.75. The van der Waals surface area contributed by atoms with Gasteiger partial charge in [0, 0.05) is 6.07 Å². The number of nitrogens with one attached hydrogen (secondary N) is 1. The molecule has 1 amide bonds. The van der Waals surface area contributed by atoms with Gasteiger partial charge in [-0.05, 0) is 47.2 Å². The van der Waals surface area contributed by atoms with Crippen molar-refractivity contribution in [1.29, 1.82) is 0 Å². The number of nitrogens with zero attached hydrogens (tertiary/aromatic N) is 5. The van der Waals surface area contributed by atoms with E-state index < -0.39 is 0 Å². The van der Waals surface area contributed by atoms with Crippen molar-refractivity contribution < 1.29 is 14.3 Å². The van der Waals surface area contributed by atoms with Crippen molar-refractivity contribution in [2.75, 3.05) is 13.7 Å². The minimum absolute atomic E-state index is 0.158. The van der Waals surface area contributed by atoms with Gasteiger partial charge >= 0.3 is 0 Å². The van der Waals surface area contributed by atoms with Crippen LogP contribution in [0.25, 0.3) is 5.69 Å². The maximum absolute atomic E-state index is 12.0. The zero-order valence-corrected chi connectivity index (χ0v) is 14.9. The van der Waals surface area contributed by atoms with E-state index in [1.165, 1.54) is 11.0 Å². The quantitative estimate of drug-likeness (QED) is 0.503. The fourth-order valence-electron chi connectivity index (χ4n) is 2.24. The first-order chi connectivity index (χ1) is 13.2. The first kappa shape index (κ1) is 18.1. The van der Waals surface area contributed by atoms with Gasteiger partial charge in [0.25, 0.3) is 5.91 Å². The molecular weight excluding hydrogens is 348 g/mol. The predicted molar refractivity (Wildman–Crippen MR) is 98.0 cm³/mol. The van der Waals surface area contributed by atoms with Crippen molar-refractivity contribution in [3.8, 4) is 17.2 Å². The first-order valence-electron chi connectivity index (χ1n) is 8.09. The molecule has 9 heteroatoms. The van der Waals surface area contributed by atoms with Crippen LogP contribution in [0.2, 0.25) is 0 Å². The molecule has 138 valence electrons. The second kappa shape index (κ2) is 8.56. The lowest BCUT2D eigenvalue weighted by atomic mass is 10.1. The number of rotatable bonds is 7. The largest absolute Gasteiger partial charge is 0.497 e. The Kier molecular flexibility index (Phi) is 5.73. The summed E-state index contributed by atoms with van der Waals surface area (Å²) in [6, 6.07) is 14.5. The smallest absolute Gasteiger partial charge is 0.277 e. The van der Waals surface area contributed by atoms with E-state index in [4.69, 9.17) is 9.47 Å². The molecule has 0 aliphatic carbocycles. The number of tetrazole rings is 1. The molecule has 3 aromatic rings. The minimum Gasteiger partial charge on any atom is -0.497 e. The molecule has 1 N–H and O–H groups in total. The fourth-order valence-corrected chi connectivity index (χ4v) is 2.24. The Bertz CT molecular complexity index is 940. The topological polar surface area (TPSA) is 104 Å². The molecule has 27 heavy (non-hydrogen) atoms. The molecule has 0 saturated carbocycles. The van der Waals surface area contributed by atoms with Crippen molar-refractivity contribution in [3.05, 3.63) is 60.4 Å². The summed E-state index contributed by atoms with van der Waals surface area (Å²) < 4.78 is 12.1. The van der Waals surface area contributed by atoms with Crippen molar-refractivity contribution in [3.63, 3.8) is 0 Å². The SMILES string of the molecule is COc1cccc(OCC(=O)N/N=C(\C)c2cccc(-n3cnnn3)c2)c1. The number of hydrogen-bond donors (Lipinski definition) is 1. The summed E-state index contributed by atoms with van der Waals surface area (Å²) in [6.07, 6.45) is 1.50. The second-order valence-electron chi connectivity index (χ2n) is 5.50. The third-order valence-corrected chi connectivity index (χ3v) is 3.64. The van der Waals surface area contributed by atoms with E-state index in [0.29, 0.717) is 17.2 Å². The molecule has 0 saturated heterocycles. The van der Waals surface area contributed by atoms with Crippen LogP contribution >= 0.6 is 0 Å². The Morgan fingerprint density at radius 2 is 2.00 bits per heavy atom. The number of carbonyl (C=O) groups is 1. The standard InChI is InChI=1S/C18H18N6O3/c1-13(14-5-3-6-15(9-14)24-12-19-22-23-24)20-21-18(25)11-27-17-8-4-7-16(10-17)26-2/h3-10,12H,11H2,1-2H3,(H,21,25)/b20-13+. The highest BCUT2D eigenvalue weighted by molar-refractivity contribution is 5.99. The summed E-state index contributed by atoms with van der Waals surface area (Å²) in [6.45, 7) is 1.64. The van der Waals surface area contributed by atoms with E-state index in [1.807, 2.05) is 24.3 Å². The summed E-state index contributed by atoms with van der Waals surface area (Å²) in [4.78, 5) is 12.0. The van der Waals surface area contributed by atoms with Crippen LogP contribution in [0.1, 0.15) is 12.5 Å². The molecule has 0 atom stereocenters. The summed E-state index contributed by atoms with van der Waals surface area (Å²) in [5.41, 5.74) is 4.74. The molecule has 0 aliphatic rings. The molecule has 0 bridgehead atoms.